The molecule has 0 aliphatic rings. The van der Waals surface area contributed by atoms with Crippen LogP contribution in [0.2, 0.25) is 0 Å². The van der Waals surface area contributed by atoms with Crippen molar-refractivity contribution >= 4 is 15.2 Å². The second-order valence-corrected chi connectivity index (χ2v) is 8.38. The summed E-state index contributed by atoms with van der Waals surface area (Å²) in [6.07, 6.45) is 3.58. The van der Waals surface area contributed by atoms with Gasteiger partial charge in [-0.3, -0.25) is 9.13 Å². The molecule has 0 bridgehead atoms. The van der Waals surface area contributed by atoms with Gasteiger partial charge in [0.2, 0.25) is 0 Å². The Balaban J connectivity index is 3.01. The molecule has 1 aromatic rings. The topological polar surface area (TPSA) is 166 Å². The van der Waals surface area contributed by atoms with E-state index in [4.69, 9.17) is 19.6 Å². The van der Waals surface area contributed by atoms with Crippen LogP contribution in [0.3, 0.4) is 0 Å². The van der Waals surface area contributed by atoms with Crippen LogP contribution in [0.15, 0.2) is 6.20 Å². The number of aliphatic hydroxyl groups is 1. The maximum Gasteiger partial charge on any atom is 0.371 e. The third-order valence-corrected chi connectivity index (χ3v) is 6.39. The number of aromatic nitrogens is 3. The first-order valence-electron chi connectivity index (χ1n) is 5.74. The molecule has 0 saturated carbocycles. The standard InChI is InChI=1S/C8H17N3O7P2/c1-2-3-4-7-5-11(10-9-7)6-8(12,19(13,14)15)20(16,17)18/h5,12H,2-4,6H2,1H3,(H2,13,14,15)(H2,16,17,18). The van der Waals surface area contributed by atoms with E-state index in [0.29, 0.717) is 12.1 Å². The van der Waals surface area contributed by atoms with E-state index in [-0.39, 0.29) is 0 Å². The first-order valence-corrected chi connectivity index (χ1v) is 8.96. The molecule has 1 rings (SSSR count). The van der Waals surface area contributed by atoms with Gasteiger partial charge in [-0.2, -0.15) is 0 Å². The Labute approximate surface area is 114 Å². The lowest BCUT2D eigenvalue weighted by atomic mass is 10.2. The van der Waals surface area contributed by atoms with Crippen LogP contribution < -0.4 is 0 Å². The highest BCUT2D eigenvalue weighted by molar-refractivity contribution is 7.72. The Morgan fingerprint density at radius 1 is 1.25 bits per heavy atom. The number of rotatable bonds is 7. The quantitative estimate of drug-likeness (QED) is 0.419. The SMILES string of the molecule is CCCCc1cn(CC(O)(P(=O)(O)O)P(=O)(O)O)nn1. The van der Waals surface area contributed by atoms with Crippen molar-refractivity contribution in [2.45, 2.75) is 37.8 Å². The van der Waals surface area contributed by atoms with Crippen molar-refractivity contribution < 1.29 is 33.8 Å². The molecular weight excluding hydrogens is 312 g/mol. The van der Waals surface area contributed by atoms with Crippen molar-refractivity contribution in [3.05, 3.63) is 11.9 Å². The molecule has 0 aliphatic heterocycles. The molecule has 0 amide bonds. The third kappa shape index (κ3) is 3.73. The maximum atomic E-state index is 11.2. The van der Waals surface area contributed by atoms with Gasteiger partial charge in [0, 0.05) is 6.20 Å². The summed E-state index contributed by atoms with van der Waals surface area (Å²) in [4.78, 5) is 36.0. The summed E-state index contributed by atoms with van der Waals surface area (Å²) in [5, 5.41) is 13.4. The molecule has 116 valence electrons. The zero-order chi connectivity index (χ0) is 15.6. The molecule has 0 aliphatic carbocycles. The van der Waals surface area contributed by atoms with E-state index in [1.54, 1.807) is 0 Å². The lowest BCUT2D eigenvalue weighted by Gasteiger charge is -2.28. The first-order chi connectivity index (χ1) is 9.01. The molecule has 20 heavy (non-hydrogen) atoms. The van der Waals surface area contributed by atoms with Crippen molar-refractivity contribution in [3.63, 3.8) is 0 Å². The van der Waals surface area contributed by atoms with Crippen LogP contribution >= 0.6 is 15.2 Å². The van der Waals surface area contributed by atoms with Gasteiger partial charge >= 0.3 is 15.2 Å². The zero-order valence-corrected chi connectivity index (χ0v) is 12.5. The molecule has 1 heterocycles. The third-order valence-electron chi connectivity index (χ3n) is 2.68. The fourth-order valence-electron chi connectivity index (χ4n) is 1.46. The summed E-state index contributed by atoms with van der Waals surface area (Å²) in [6, 6.07) is 0. The largest absolute Gasteiger partial charge is 0.371 e. The summed E-state index contributed by atoms with van der Waals surface area (Å²) in [5.41, 5.74) is 0.505. The van der Waals surface area contributed by atoms with E-state index in [0.717, 1.165) is 17.5 Å². The monoisotopic (exact) mass is 329 g/mol. The normalized spacial score (nSPS) is 13.7. The highest BCUT2D eigenvalue weighted by atomic mass is 31.2. The van der Waals surface area contributed by atoms with Crippen molar-refractivity contribution in [2.75, 3.05) is 0 Å². The van der Waals surface area contributed by atoms with Crippen LogP contribution in [0.5, 0.6) is 0 Å². The number of hydrogen-bond donors (Lipinski definition) is 5. The van der Waals surface area contributed by atoms with E-state index >= 15 is 0 Å². The average molecular weight is 329 g/mol. The smallest absolute Gasteiger partial charge is 0.366 e. The van der Waals surface area contributed by atoms with Gasteiger partial charge in [-0.25, -0.2) is 4.68 Å². The van der Waals surface area contributed by atoms with Crippen LogP contribution in [0.4, 0.5) is 0 Å². The van der Waals surface area contributed by atoms with Gasteiger partial charge in [0.15, 0.2) is 0 Å². The van der Waals surface area contributed by atoms with Gasteiger partial charge in [-0.05, 0) is 12.8 Å². The minimum absolute atomic E-state index is 0.505. The van der Waals surface area contributed by atoms with Gasteiger partial charge in [0.05, 0.1) is 12.2 Å². The van der Waals surface area contributed by atoms with Gasteiger partial charge in [-0.15, -0.1) is 5.10 Å². The molecule has 0 atom stereocenters. The summed E-state index contributed by atoms with van der Waals surface area (Å²) >= 11 is 0. The number of unbranched alkanes of at least 4 members (excludes halogenated alkanes) is 1. The minimum atomic E-state index is -5.48. The van der Waals surface area contributed by atoms with E-state index in [1.807, 2.05) is 6.92 Å². The lowest BCUT2D eigenvalue weighted by Crippen LogP contribution is -2.34. The molecule has 0 aromatic carbocycles. The summed E-state index contributed by atoms with van der Waals surface area (Å²) in [7, 11) is -11.0. The predicted molar refractivity (Wildman–Crippen MR) is 67.7 cm³/mol. The molecule has 5 N–H and O–H groups in total. The van der Waals surface area contributed by atoms with Crippen LogP contribution in [0, 0.1) is 0 Å². The van der Waals surface area contributed by atoms with Crippen molar-refractivity contribution in [2.24, 2.45) is 0 Å². The summed E-state index contributed by atoms with van der Waals surface area (Å²) < 4.78 is 23.2. The Morgan fingerprint density at radius 3 is 2.25 bits per heavy atom. The van der Waals surface area contributed by atoms with Crippen molar-refractivity contribution in [1.82, 2.24) is 15.0 Å². The molecule has 0 radical (unpaired) electrons. The Kier molecular flexibility index (Phi) is 5.26. The highest BCUT2D eigenvalue weighted by Crippen LogP contribution is 2.67. The van der Waals surface area contributed by atoms with E-state index < -0.39 is 26.8 Å². The molecular formula is C8H17N3O7P2. The Bertz CT molecular complexity index is 526. The summed E-state index contributed by atoms with van der Waals surface area (Å²) in [6.45, 7) is 0.908. The van der Waals surface area contributed by atoms with Crippen LogP contribution in [-0.4, -0.2) is 44.8 Å². The lowest BCUT2D eigenvalue weighted by molar-refractivity contribution is 0.111. The second kappa shape index (κ2) is 6.03. The molecule has 12 heteroatoms. The maximum absolute atomic E-state index is 11.2. The van der Waals surface area contributed by atoms with E-state index in [2.05, 4.69) is 10.3 Å². The van der Waals surface area contributed by atoms with Crippen LogP contribution in [0.25, 0.3) is 0 Å². The zero-order valence-electron chi connectivity index (χ0n) is 10.7. The van der Waals surface area contributed by atoms with Gasteiger partial charge in [-0.1, -0.05) is 18.6 Å². The second-order valence-electron chi connectivity index (χ2n) is 4.37. The average Bonchev–Trinajstić information content (AvgIpc) is 2.71. The number of aryl methyl sites for hydroxylation is 1. The first kappa shape index (κ1) is 17.5. The van der Waals surface area contributed by atoms with Crippen LogP contribution in [0.1, 0.15) is 25.5 Å². The fraction of sp³-hybridized carbons (Fsp3) is 0.750. The van der Waals surface area contributed by atoms with Gasteiger partial charge < -0.3 is 24.7 Å². The molecule has 0 spiro atoms. The Hall–Kier alpha value is -0.600. The van der Waals surface area contributed by atoms with Gasteiger partial charge in [0.25, 0.3) is 5.08 Å². The number of nitrogens with zero attached hydrogens (tertiary/aromatic N) is 3. The minimum Gasteiger partial charge on any atom is -0.366 e. The van der Waals surface area contributed by atoms with Gasteiger partial charge in [0.1, 0.15) is 0 Å². The molecule has 10 nitrogen and oxygen atoms in total. The number of hydrogen-bond acceptors (Lipinski definition) is 5. The fourth-order valence-corrected chi connectivity index (χ4v) is 3.48. The van der Waals surface area contributed by atoms with Crippen molar-refractivity contribution in [3.8, 4) is 0 Å². The molecule has 0 fully saturated rings. The van der Waals surface area contributed by atoms with Crippen molar-refractivity contribution in [1.29, 1.82) is 0 Å². The highest BCUT2D eigenvalue weighted by Gasteiger charge is 2.60. The van der Waals surface area contributed by atoms with E-state index in [1.165, 1.54) is 6.20 Å². The summed E-state index contributed by atoms with van der Waals surface area (Å²) in [5.74, 6) is 0. The molecule has 0 saturated heterocycles. The molecule has 0 unspecified atom stereocenters. The van der Waals surface area contributed by atoms with Crippen LogP contribution in [-0.2, 0) is 22.1 Å². The Morgan fingerprint density at radius 2 is 1.80 bits per heavy atom. The van der Waals surface area contributed by atoms with E-state index in [9.17, 15) is 14.2 Å². The molecule has 1 aromatic heterocycles. The predicted octanol–water partition coefficient (Wildman–Crippen LogP) is -0.378.